The van der Waals surface area contributed by atoms with Gasteiger partial charge < -0.3 is 0 Å². The second-order valence-electron chi connectivity index (χ2n) is 5.52. The average Bonchev–Trinajstić information content (AvgIpc) is 2.95. The SMILES string of the molecule is CS(=O)(=O)c1ccc(Cl)c(S(=O)(=O)N[C@@H]2CCCn3ncnc32)c1. The van der Waals surface area contributed by atoms with Crippen LogP contribution in [-0.2, 0) is 26.4 Å². The lowest BCUT2D eigenvalue weighted by Gasteiger charge is -2.23. The molecule has 3 rings (SSSR count). The van der Waals surface area contributed by atoms with Crippen molar-refractivity contribution in [3.8, 4) is 0 Å². The molecule has 0 amide bonds. The average molecular weight is 391 g/mol. The van der Waals surface area contributed by atoms with Crippen LogP contribution >= 0.6 is 11.6 Å². The zero-order valence-electron chi connectivity index (χ0n) is 12.7. The number of rotatable bonds is 4. The van der Waals surface area contributed by atoms with Crippen molar-refractivity contribution in [2.45, 2.75) is 35.2 Å². The number of hydrogen-bond acceptors (Lipinski definition) is 6. The number of halogens is 1. The van der Waals surface area contributed by atoms with Crippen LogP contribution in [0.4, 0.5) is 0 Å². The van der Waals surface area contributed by atoms with Crippen LogP contribution < -0.4 is 4.72 Å². The maximum Gasteiger partial charge on any atom is 0.242 e. The van der Waals surface area contributed by atoms with E-state index >= 15 is 0 Å². The summed E-state index contributed by atoms with van der Waals surface area (Å²) in [5, 5.41) is 3.99. The van der Waals surface area contributed by atoms with Gasteiger partial charge in [-0.15, -0.1) is 0 Å². The summed E-state index contributed by atoms with van der Waals surface area (Å²) in [5.74, 6) is 0.528. The van der Waals surface area contributed by atoms with Crippen molar-refractivity contribution >= 4 is 31.5 Å². The number of hydrogen-bond donors (Lipinski definition) is 1. The lowest BCUT2D eigenvalue weighted by molar-refractivity contribution is 0.400. The normalized spacial score (nSPS) is 18.3. The Morgan fingerprint density at radius 3 is 2.75 bits per heavy atom. The molecule has 2 heterocycles. The van der Waals surface area contributed by atoms with E-state index < -0.39 is 25.9 Å². The largest absolute Gasteiger partial charge is 0.248 e. The Morgan fingerprint density at radius 2 is 2.04 bits per heavy atom. The second-order valence-corrected chi connectivity index (χ2v) is 9.63. The monoisotopic (exact) mass is 390 g/mol. The molecule has 0 saturated carbocycles. The summed E-state index contributed by atoms with van der Waals surface area (Å²) in [6.45, 7) is 0.678. The molecule has 8 nitrogen and oxygen atoms in total. The molecule has 11 heteroatoms. The summed E-state index contributed by atoms with van der Waals surface area (Å²) >= 11 is 5.98. The van der Waals surface area contributed by atoms with E-state index in [1.165, 1.54) is 18.5 Å². The van der Waals surface area contributed by atoms with Gasteiger partial charge in [0.1, 0.15) is 17.0 Å². The molecule has 0 radical (unpaired) electrons. The van der Waals surface area contributed by atoms with Crippen molar-refractivity contribution in [3.05, 3.63) is 35.4 Å². The minimum atomic E-state index is -4.02. The van der Waals surface area contributed by atoms with Crippen LogP contribution in [0, 0.1) is 0 Å². The Balaban J connectivity index is 1.98. The second kappa shape index (κ2) is 6.10. The standard InChI is InChI=1S/C13H15ClN4O4S2/c1-23(19,20)9-4-5-10(14)12(7-9)24(21,22)17-11-3-2-6-18-13(11)15-8-16-18/h4-5,7-8,11,17H,2-3,6H2,1H3/t11-/m1/s1. The minimum absolute atomic E-state index is 0.0489. The summed E-state index contributed by atoms with van der Waals surface area (Å²) in [5.41, 5.74) is 0. The molecule has 1 atom stereocenters. The highest BCUT2D eigenvalue weighted by molar-refractivity contribution is 7.91. The molecule has 0 aliphatic carbocycles. The number of fused-ring (bicyclic) bond motifs is 1. The molecule has 0 bridgehead atoms. The minimum Gasteiger partial charge on any atom is -0.248 e. The van der Waals surface area contributed by atoms with Gasteiger partial charge in [-0.1, -0.05) is 11.6 Å². The third-order valence-corrected chi connectivity index (χ3v) is 6.80. The first-order valence-corrected chi connectivity index (χ1v) is 10.8. The summed E-state index contributed by atoms with van der Waals surface area (Å²) in [4.78, 5) is 3.71. The van der Waals surface area contributed by atoms with Gasteiger partial charge >= 0.3 is 0 Å². The molecule has 2 aromatic rings. The Morgan fingerprint density at radius 1 is 1.29 bits per heavy atom. The van der Waals surface area contributed by atoms with Gasteiger partial charge in [-0.2, -0.15) is 5.10 Å². The van der Waals surface area contributed by atoms with Crippen LogP contribution in [0.1, 0.15) is 24.7 Å². The molecule has 1 aromatic carbocycles. The third-order valence-electron chi connectivity index (χ3n) is 3.74. The number of sulfonamides is 1. The molecule has 0 spiro atoms. The smallest absolute Gasteiger partial charge is 0.242 e. The van der Waals surface area contributed by atoms with Gasteiger partial charge in [0.2, 0.25) is 10.0 Å². The van der Waals surface area contributed by atoms with E-state index in [-0.39, 0.29) is 14.8 Å². The summed E-state index contributed by atoms with van der Waals surface area (Å²) in [6, 6.07) is 3.06. The maximum atomic E-state index is 12.7. The Bertz CT molecular complexity index is 985. The van der Waals surface area contributed by atoms with Crippen molar-refractivity contribution < 1.29 is 16.8 Å². The molecule has 1 N–H and O–H groups in total. The third kappa shape index (κ3) is 3.32. The quantitative estimate of drug-likeness (QED) is 0.838. The van der Waals surface area contributed by atoms with E-state index in [9.17, 15) is 16.8 Å². The highest BCUT2D eigenvalue weighted by Gasteiger charge is 2.29. The fourth-order valence-corrected chi connectivity index (χ4v) is 5.05. The number of nitrogens with one attached hydrogen (secondary N) is 1. The first-order chi connectivity index (χ1) is 11.2. The van der Waals surface area contributed by atoms with E-state index in [1.54, 1.807) is 4.68 Å². The molecule has 1 aromatic heterocycles. The van der Waals surface area contributed by atoms with Crippen molar-refractivity contribution in [2.24, 2.45) is 0 Å². The van der Waals surface area contributed by atoms with E-state index in [0.29, 0.717) is 18.8 Å². The summed E-state index contributed by atoms with van der Waals surface area (Å²) in [7, 11) is -7.57. The number of nitrogens with zero attached hydrogens (tertiary/aromatic N) is 3. The van der Waals surface area contributed by atoms with Crippen LogP contribution in [-0.4, -0.2) is 37.9 Å². The Labute approximate surface area is 144 Å². The summed E-state index contributed by atoms with van der Waals surface area (Å²) in [6.07, 6.45) is 3.70. The molecular formula is C13H15ClN4O4S2. The van der Waals surface area contributed by atoms with E-state index in [2.05, 4.69) is 14.8 Å². The lowest BCUT2D eigenvalue weighted by Crippen LogP contribution is -2.33. The number of sulfone groups is 1. The molecular weight excluding hydrogens is 376 g/mol. The lowest BCUT2D eigenvalue weighted by atomic mass is 10.1. The number of aryl methyl sites for hydroxylation is 1. The van der Waals surface area contributed by atoms with Gasteiger partial charge in [0.25, 0.3) is 0 Å². The van der Waals surface area contributed by atoms with Crippen molar-refractivity contribution in [1.29, 1.82) is 0 Å². The molecule has 1 aliphatic heterocycles. The molecule has 1 aliphatic rings. The van der Waals surface area contributed by atoms with E-state index in [1.807, 2.05) is 0 Å². The van der Waals surface area contributed by atoms with Gasteiger partial charge in [-0.05, 0) is 31.0 Å². The highest BCUT2D eigenvalue weighted by atomic mass is 35.5. The van der Waals surface area contributed by atoms with Gasteiger partial charge in [0, 0.05) is 12.8 Å². The summed E-state index contributed by atoms with van der Waals surface area (Å²) < 4.78 is 52.9. The van der Waals surface area contributed by atoms with Gasteiger partial charge in [0.15, 0.2) is 9.84 Å². The van der Waals surface area contributed by atoms with Gasteiger partial charge in [-0.3, -0.25) is 0 Å². The maximum absolute atomic E-state index is 12.7. The number of aromatic nitrogens is 3. The predicted octanol–water partition coefficient (Wildman–Crippen LogP) is 1.15. The van der Waals surface area contributed by atoms with E-state index in [0.717, 1.165) is 18.7 Å². The molecule has 0 fully saturated rings. The topological polar surface area (TPSA) is 111 Å². The fourth-order valence-electron chi connectivity index (χ4n) is 2.57. The first kappa shape index (κ1) is 17.3. The van der Waals surface area contributed by atoms with Crippen molar-refractivity contribution in [1.82, 2.24) is 19.5 Å². The van der Waals surface area contributed by atoms with Crippen LogP contribution in [0.2, 0.25) is 5.02 Å². The molecule has 24 heavy (non-hydrogen) atoms. The zero-order chi connectivity index (χ0) is 17.5. The Hall–Kier alpha value is -1.49. The molecule has 0 unspecified atom stereocenters. The van der Waals surface area contributed by atoms with Crippen LogP contribution in [0.25, 0.3) is 0 Å². The fraction of sp³-hybridized carbons (Fsp3) is 0.385. The molecule has 0 saturated heterocycles. The molecule has 130 valence electrons. The van der Waals surface area contributed by atoms with Crippen LogP contribution in [0.15, 0.2) is 34.3 Å². The van der Waals surface area contributed by atoms with Crippen LogP contribution in [0.5, 0.6) is 0 Å². The Kier molecular flexibility index (Phi) is 4.41. The predicted molar refractivity (Wildman–Crippen MR) is 86.9 cm³/mol. The van der Waals surface area contributed by atoms with Crippen molar-refractivity contribution in [3.63, 3.8) is 0 Å². The van der Waals surface area contributed by atoms with Crippen LogP contribution in [0.3, 0.4) is 0 Å². The van der Waals surface area contributed by atoms with Gasteiger partial charge in [-0.25, -0.2) is 31.2 Å². The first-order valence-electron chi connectivity index (χ1n) is 7.08. The van der Waals surface area contributed by atoms with Gasteiger partial charge in [0.05, 0.1) is 16.0 Å². The van der Waals surface area contributed by atoms with E-state index in [4.69, 9.17) is 11.6 Å². The number of benzene rings is 1. The highest BCUT2D eigenvalue weighted by Crippen LogP contribution is 2.28. The van der Waals surface area contributed by atoms with Crippen molar-refractivity contribution in [2.75, 3.05) is 6.26 Å². The zero-order valence-corrected chi connectivity index (χ0v) is 15.1.